The number of nitrogens with zero attached hydrogens (tertiary/aromatic N) is 4. The fourth-order valence-electron chi connectivity index (χ4n) is 8.50. The SMILES string of the molecule is Cc1cc(C)cc(-c2c(-c3c[c-]c4c(c3)c3ccccc3n3c(C)c(C)nc43)cccc2-c2c[c-]c3c(c2)c2ccccc2n2c(C)c(C)nc32)c1.[Ir].[Ir]. The molecule has 0 aliphatic rings. The Balaban J connectivity index is 0.00000207. The maximum Gasteiger partial charge on any atom is 0.0614 e. The third kappa shape index (κ3) is 5.31. The number of rotatable bonds is 3. The van der Waals surface area contributed by atoms with E-state index < -0.39 is 0 Å². The van der Waals surface area contributed by atoms with Crippen LogP contribution < -0.4 is 0 Å². The molecule has 0 amide bonds. The number of imidazole rings is 2. The van der Waals surface area contributed by atoms with Crippen molar-refractivity contribution in [1.29, 1.82) is 0 Å². The number of aryl methyl sites for hydroxylation is 6. The molecule has 6 aromatic carbocycles. The molecule has 4 aromatic heterocycles. The van der Waals surface area contributed by atoms with Crippen LogP contribution in [0.5, 0.6) is 0 Å². The van der Waals surface area contributed by atoms with Crippen LogP contribution in [0.25, 0.3) is 88.0 Å². The summed E-state index contributed by atoms with van der Waals surface area (Å²) in [4.78, 5) is 10.1. The number of hydrogen-bond acceptors (Lipinski definition) is 2. The summed E-state index contributed by atoms with van der Waals surface area (Å²) in [5, 5.41) is 6.77. The molecular weight excluding hydrogens is 1020 g/mol. The van der Waals surface area contributed by atoms with Crippen LogP contribution in [0.3, 0.4) is 0 Å². The Morgan fingerprint density at radius 1 is 0.463 bits per heavy atom. The van der Waals surface area contributed by atoms with Crippen LogP contribution in [0.1, 0.15) is 33.9 Å². The summed E-state index contributed by atoms with van der Waals surface area (Å²) >= 11 is 0. The summed E-state index contributed by atoms with van der Waals surface area (Å²) < 4.78 is 4.56. The first kappa shape index (κ1) is 36.0. The van der Waals surface area contributed by atoms with E-state index in [2.05, 4.69) is 172 Å². The minimum atomic E-state index is 0. The Bertz CT molecular complexity index is 2950. The fourth-order valence-corrected chi connectivity index (χ4v) is 8.50. The number of pyridine rings is 2. The second-order valence-electron chi connectivity index (χ2n) is 14.4. The third-order valence-corrected chi connectivity index (χ3v) is 11.1. The number of para-hydroxylation sites is 2. The van der Waals surface area contributed by atoms with Crippen LogP contribution in [0.15, 0.2) is 109 Å². The van der Waals surface area contributed by atoms with Gasteiger partial charge in [-0.3, -0.25) is 9.97 Å². The molecule has 0 aliphatic heterocycles. The van der Waals surface area contributed by atoms with Crippen LogP contribution in [0.2, 0.25) is 0 Å². The van der Waals surface area contributed by atoms with E-state index in [1.807, 2.05) is 0 Å². The molecule has 0 aliphatic carbocycles. The standard InChI is InChI=1S/C48H36N4.2Ir/c1-27-22-28(2)24-35(23-27)46-36(33-18-20-40-42(25-33)38-12-7-9-16-44(38)51-31(5)29(3)49-47(40)51)14-11-15-37(46)34-19-21-41-43(26-34)39-13-8-10-17-45(39)52-32(6)30(4)50-48(41)52;;/h7-19,22-26H,1-6H3;;/q-2;;. The van der Waals surface area contributed by atoms with E-state index >= 15 is 0 Å². The molecule has 0 fully saturated rings. The van der Waals surface area contributed by atoms with Gasteiger partial charge in [0, 0.05) is 74.0 Å². The van der Waals surface area contributed by atoms with Gasteiger partial charge in [0.15, 0.2) is 0 Å². The van der Waals surface area contributed by atoms with Crippen LogP contribution >= 0.6 is 0 Å². The minimum Gasteiger partial charge on any atom is -0.337 e. The molecule has 0 saturated carbocycles. The van der Waals surface area contributed by atoms with Crippen molar-refractivity contribution in [2.75, 3.05) is 0 Å². The van der Waals surface area contributed by atoms with E-state index in [4.69, 9.17) is 9.97 Å². The Hall–Kier alpha value is -4.96. The molecule has 4 heterocycles. The molecule has 268 valence electrons. The van der Waals surface area contributed by atoms with Gasteiger partial charge in [-0.15, -0.1) is 47.2 Å². The van der Waals surface area contributed by atoms with Crippen molar-refractivity contribution in [2.45, 2.75) is 41.5 Å². The number of benzene rings is 6. The Kier molecular flexibility index (Phi) is 8.95. The molecule has 0 unspecified atom stereocenters. The van der Waals surface area contributed by atoms with Gasteiger partial charge >= 0.3 is 0 Å². The van der Waals surface area contributed by atoms with Gasteiger partial charge in [0.05, 0.1) is 11.3 Å². The van der Waals surface area contributed by atoms with Crippen molar-refractivity contribution in [3.8, 4) is 33.4 Å². The number of hydrogen-bond donors (Lipinski definition) is 0. The molecule has 4 nitrogen and oxygen atoms in total. The molecule has 2 radical (unpaired) electrons. The second kappa shape index (κ2) is 13.4. The summed E-state index contributed by atoms with van der Waals surface area (Å²) in [6.07, 6.45) is 0. The van der Waals surface area contributed by atoms with Crippen molar-refractivity contribution < 1.29 is 40.2 Å². The van der Waals surface area contributed by atoms with Gasteiger partial charge in [-0.2, -0.15) is 0 Å². The molecule has 54 heavy (non-hydrogen) atoms. The Morgan fingerprint density at radius 3 is 1.37 bits per heavy atom. The first-order valence-electron chi connectivity index (χ1n) is 17.9. The van der Waals surface area contributed by atoms with Crippen LogP contribution in [-0.2, 0) is 40.2 Å². The van der Waals surface area contributed by atoms with Crippen molar-refractivity contribution >= 4 is 54.6 Å². The third-order valence-electron chi connectivity index (χ3n) is 11.1. The summed E-state index contributed by atoms with van der Waals surface area (Å²) in [6, 6.07) is 47.3. The van der Waals surface area contributed by atoms with Crippen LogP contribution in [-0.4, -0.2) is 18.8 Å². The molecular formula is C48H36Ir2N4-2. The van der Waals surface area contributed by atoms with Gasteiger partial charge in [0.25, 0.3) is 0 Å². The predicted octanol–water partition coefficient (Wildman–Crippen LogP) is 12.0. The Labute approximate surface area is 341 Å². The van der Waals surface area contributed by atoms with E-state index in [0.717, 1.165) is 77.8 Å². The van der Waals surface area contributed by atoms with Gasteiger partial charge in [0.2, 0.25) is 0 Å². The smallest absolute Gasteiger partial charge is 0.0614 e. The van der Waals surface area contributed by atoms with Crippen molar-refractivity contribution in [1.82, 2.24) is 18.8 Å². The maximum atomic E-state index is 5.03. The largest absolute Gasteiger partial charge is 0.337 e. The van der Waals surface area contributed by atoms with Gasteiger partial charge in [-0.1, -0.05) is 117 Å². The van der Waals surface area contributed by atoms with Gasteiger partial charge in [-0.05, 0) is 75.6 Å². The van der Waals surface area contributed by atoms with Crippen LogP contribution in [0, 0.1) is 53.7 Å². The van der Waals surface area contributed by atoms with Gasteiger partial charge in [0.1, 0.15) is 0 Å². The van der Waals surface area contributed by atoms with E-state index in [1.165, 1.54) is 44.2 Å². The first-order chi connectivity index (χ1) is 25.3. The molecule has 0 N–H and O–H groups in total. The summed E-state index contributed by atoms with van der Waals surface area (Å²) in [5.41, 5.74) is 18.1. The summed E-state index contributed by atoms with van der Waals surface area (Å²) in [5.74, 6) is 0. The van der Waals surface area contributed by atoms with Crippen molar-refractivity contribution in [2.24, 2.45) is 0 Å². The van der Waals surface area contributed by atoms with E-state index in [-0.39, 0.29) is 40.2 Å². The van der Waals surface area contributed by atoms with E-state index in [0.29, 0.717) is 0 Å². The molecule has 0 spiro atoms. The average Bonchev–Trinajstić information content (AvgIpc) is 3.64. The monoisotopic (exact) mass is 1050 g/mol. The topological polar surface area (TPSA) is 34.6 Å². The zero-order valence-corrected chi connectivity index (χ0v) is 35.6. The summed E-state index contributed by atoms with van der Waals surface area (Å²) in [6.45, 7) is 12.8. The van der Waals surface area contributed by atoms with E-state index in [9.17, 15) is 0 Å². The fraction of sp³-hybridized carbons (Fsp3) is 0.125. The van der Waals surface area contributed by atoms with Crippen molar-refractivity contribution in [3.05, 3.63) is 155 Å². The first-order valence-corrected chi connectivity index (χ1v) is 17.9. The van der Waals surface area contributed by atoms with Gasteiger partial charge < -0.3 is 8.80 Å². The minimum absolute atomic E-state index is 0. The Morgan fingerprint density at radius 2 is 0.907 bits per heavy atom. The molecule has 10 aromatic rings. The quantitative estimate of drug-likeness (QED) is 0.131. The van der Waals surface area contributed by atoms with Crippen LogP contribution in [0.4, 0.5) is 0 Å². The summed E-state index contributed by atoms with van der Waals surface area (Å²) in [7, 11) is 0. The predicted molar refractivity (Wildman–Crippen MR) is 216 cm³/mol. The van der Waals surface area contributed by atoms with Crippen molar-refractivity contribution in [3.63, 3.8) is 0 Å². The average molecular weight is 1050 g/mol. The van der Waals surface area contributed by atoms with E-state index in [1.54, 1.807) is 0 Å². The number of aromatic nitrogens is 4. The molecule has 0 saturated heterocycles. The zero-order valence-electron chi connectivity index (χ0n) is 30.8. The number of fused-ring (bicyclic) bond motifs is 12. The maximum absolute atomic E-state index is 5.03. The molecule has 6 heteroatoms. The zero-order chi connectivity index (χ0) is 35.4. The molecule has 10 rings (SSSR count). The normalized spacial score (nSPS) is 11.6. The molecule has 0 bridgehead atoms. The van der Waals surface area contributed by atoms with Gasteiger partial charge in [-0.25, -0.2) is 0 Å². The molecule has 0 atom stereocenters. The second-order valence-corrected chi connectivity index (χ2v) is 14.4.